The molecule has 0 aromatic heterocycles. The van der Waals surface area contributed by atoms with Crippen LogP contribution in [-0.2, 0) is 91.5 Å². The molecule has 0 aliphatic rings. The molecule has 21 rings (SSSR count). The Morgan fingerprint density at radius 2 is 0.528 bits per heavy atom. The van der Waals surface area contributed by atoms with E-state index in [0.29, 0.717) is 0 Å². The van der Waals surface area contributed by atoms with Gasteiger partial charge in [0.1, 0.15) is 0 Å². The van der Waals surface area contributed by atoms with Gasteiger partial charge in [-0.3, -0.25) is 0 Å². The van der Waals surface area contributed by atoms with Crippen LogP contribution in [0.25, 0.3) is 108 Å². The summed E-state index contributed by atoms with van der Waals surface area (Å²) in [5, 5.41) is 21.4. The Labute approximate surface area is 798 Å². The van der Waals surface area contributed by atoms with Crippen LogP contribution < -0.4 is 0 Å². The maximum absolute atomic E-state index is 4.53. The fourth-order valence-corrected chi connectivity index (χ4v) is 14.5. The number of rotatable bonds is 9. The van der Waals surface area contributed by atoms with Crippen LogP contribution in [0.5, 0.6) is 0 Å². The van der Waals surface area contributed by atoms with Gasteiger partial charge in [0, 0.05) is 0 Å². The van der Waals surface area contributed by atoms with Crippen LogP contribution in [0.4, 0.5) is 0 Å². The molecule has 0 unspecified atom stereocenters. The van der Waals surface area contributed by atoms with E-state index >= 15 is 0 Å². The summed E-state index contributed by atoms with van der Waals surface area (Å²) < 4.78 is 0. The second-order valence-corrected chi connectivity index (χ2v) is 28.6. The largest absolute Gasteiger partial charge is 4.00 e. The maximum Gasteiger partial charge on any atom is 4.00 e. The summed E-state index contributed by atoms with van der Waals surface area (Å²) in [4.78, 5) is 0. The molecule has 0 radical (unpaired) electrons. The van der Waals surface area contributed by atoms with Crippen molar-refractivity contribution in [2.24, 2.45) is 0 Å². The minimum absolute atomic E-state index is 0. The number of fused-ring (bicyclic) bond motifs is 8. The number of hydrogen-bond acceptors (Lipinski definition) is 0. The molecule has 598 valence electrons. The fourth-order valence-electron chi connectivity index (χ4n) is 14.3. The Kier molecular flexibility index (Phi) is 44.6. The van der Waals surface area contributed by atoms with Gasteiger partial charge in [-0.15, -0.1) is 305 Å². The monoisotopic (exact) mass is 1860 g/mol. The van der Waals surface area contributed by atoms with E-state index in [0.717, 1.165) is 12.8 Å². The second kappa shape index (κ2) is 55.3. The van der Waals surface area contributed by atoms with E-state index in [2.05, 4.69) is 466 Å². The molecule has 21 aromatic carbocycles. The molecule has 0 nitrogen and oxygen atoms in total. The zero-order chi connectivity index (χ0) is 84.3. The quantitative estimate of drug-likeness (QED) is 0.0998. The molecule has 0 atom stereocenters. The van der Waals surface area contributed by atoms with Gasteiger partial charge < -0.3 is 19.3 Å². The molecular weight excluding hydrogens is 1760 g/mol. The molecule has 0 aliphatic heterocycles. The van der Waals surface area contributed by atoms with Crippen molar-refractivity contribution in [2.45, 2.75) is 47.5 Å². The predicted octanol–water partition coefficient (Wildman–Crippen LogP) is 28.3. The van der Waals surface area contributed by atoms with Gasteiger partial charge in [0.05, 0.1) is 0 Å². The summed E-state index contributed by atoms with van der Waals surface area (Å²) >= 11 is 0. The third-order valence-electron chi connectivity index (χ3n) is 20.1. The first-order valence-electron chi connectivity index (χ1n) is 41.0. The minimum atomic E-state index is 0. The third kappa shape index (κ3) is 30.3. The summed E-state index contributed by atoms with van der Waals surface area (Å²) in [6, 6.07) is 159. The smallest absolute Gasteiger partial charge is 0.533 e. The van der Waals surface area contributed by atoms with Crippen molar-refractivity contribution in [3.05, 3.63) is 525 Å². The average Bonchev–Trinajstić information content (AvgIpc) is 1.75. The van der Waals surface area contributed by atoms with E-state index < -0.39 is 0 Å². The molecule has 21 aromatic rings. The Bertz CT molecular complexity index is 5890. The number of aryl methyl sites for hydroxylation is 4. The molecule has 6 heteroatoms. The number of hydrogen-bond donors (Lipinski definition) is 0. The van der Waals surface area contributed by atoms with Crippen molar-refractivity contribution in [1.29, 1.82) is 0 Å². The molecule has 0 aliphatic carbocycles. The van der Waals surface area contributed by atoms with Gasteiger partial charge in [-0.2, -0.15) is 89.6 Å². The SMILES string of the molecule is CCc1cc2c(-c3cccc4ccccc34)cccc2[cH-]1.CCc1cc2c(-c3cccc4ccccc34)cccc2[cH-]1.Cc1cc2ccccc2[cH-]1.Cc1cc2ccccc2[cH-]1.[CH-]=[SiH2].[CH-]=[SiH2].[CH2-]C.[SiH2]=[C-]c1ccccc1.[Zr+4].[Zr+4].[Zr+4].c1ccc([CH-]c2ccccc2)cc1.c1ccc([CH-]c2ccccc2)cc1.c1ccc2[cH-]ccc2c1.c1ccc2[cH-]ccc2c1. The molecule has 0 fully saturated rings. The molecule has 123 heavy (non-hydrogen) atoms. The van der Waals surface area contributed by atoms with E-state index in [1.807, 2.05) is 54.6 Å². The van der Waals surface area contributed by atoms with E-state index in [9.17, 15) is 0 Å². The van der Waals surface area contributed by atoms with Crippen LogP contribution >= 0.6 is 0 Å². The van der Waals surface area contributed by atoms with Gasteiger partial charge >= 0.3 is 78.6 Å². The zero-order valence-corrected chi connectivity index (χ0v) is 83.0. The predicted molar refractivity (Wildman–Crippen MR) is 541 cm³/mol. The average molecular weight is 1870 g/mol. The van der Waals surface area contributed by atoms with Gasteiger partial charge in [0.25, 0.3) is 0 Å². The van der Waals surface area contributed by atoms with Crippen LogP contribution in [0.3, 0.4) is 0 Å². The molecule has 0 amide bonds. The first-order valence-corrected chi connectivity index (χ1v) is 43.3. The van der Waals surface area contributed by atoms with Crippen molar-refractivity contribution >= 4 is 134 Å². The Balaban J connectivity index is 0.000000192. The zero-order valence-electron chi connectivity index (χ0n) is 71.4. The van der Waals surface area contributed by atoms with Crippen molar-refractivity contribution in [3.63, 3.8) is 0 Å². The van der Waals surface area contributed by atoms with Crippen LogP contribution in [0.1, 0.15) is 70.8 Å². The minimum Gasteiger partial charge on any atom is -0.533 e. The molecule has 0 spiro atoms. The van der Waals surface area contributed by atoms with Gasteiger partial charge in [-0.25, -0.2) is 19.7 Å². The third-order valence-corrected chi connectivity index (χ3v) is 20.5. The van der Waals surface area contributed by atoms with E-state index in [1.165, 1.54) is 178 Å². The first kappa shape index (κ1) is 99.2. The fraction of sp³-hybridized carbons (Fsp3) is 0.0598. The first-order chi connectivity index (χ1) is 59.2. The summed E-state index contributed by atoms with van der Waals surface area (Å²) in [5.41, 5.74) is 20.1. The Morgan fingerprint density at radius 3 is 0.837 bits per heavy atom. The molecular formula is C117H106Si3Zr3. The van der Waals surface area contributed by atoms with Gasteiger partial charge in [-0.05, 0) is 45.5 Å². The summed E-state index contributed by atoms with van der Waals surface area (Å²) in [6.45, 7) is 13.7. The topological polar surface area (TPSA) is 0 Å². The van der Waals surface area contributed by atoms with Crippen molar-refractivity contribution in [1.82, 2.24) is 0 Å². The Morgan fingerprint density at radius 1 is 0.268 bits per heavy atom. The Hall–Kier alpha value is -10.9. The normalized spacial score (nSPS) is 9.74. The molecule has 0 heterocycles. The molecule has 0 bridgehead atoms. The van der Waals surface area contributed by atoms with Gasteiger partial charge in [0.2, 0.25) is 0 Å². The number of benzene rings is 15. The van der Waals surface area contributed by atoms with Crippen LogP contribution in [0, 0.1) is 33.6 Å². The van der Waals surface area contributed by atoms with Crippen LogP contribution in [-0.4, -0.2) is 47.6 Å². The summed E-state index contributed by atoms with van der Waals surface area (Å²) in [6.07, 6.45) is 15.6. The van der Waals surface area contributed by atoms with E-state index in [-0.39, 0.29) is 78.6 Å². The molecule has 0 saturated carbocycles. The van der Waals surface area contributed by atoms with Crippen molar-refractivity contribution < 1.29 is 78.6 Å². The molecule has 0 saturated heterocycles. The van der Waals surface area contributed by atoms with Crippen molar-refractivity contribution in [2.75, 3.05) is 0 Å². The maximum atomic E-state index is 4.53. The second-order valence-electron chi connectivity index (χ2n) is 28.2. The molecule has 0 N–H and O–H groups in total. The summed E-state index contributed by atoms with van der Waals surface area (Å²) in [7, 11) is 4.46. The van der Waals surface area contributed by atoms with Crippen LogP contribution in [0.15, 0.2) is 455 Å². The van der Waals surface area contributed by atoms with E-state index in [1.54, 1.807) is 16.8 Å². The van der Waals surface area contributed by atoms with Gasteiger partial charge in [-0.1, -0.05) is 249 Å². The summed E-state index contributed by atoms with van der Waals surface area (Å²) in [5.74, 6) is 0. The van der Waals surface area contributed by atoms with E-state index in [4.69, 9.17) is 0 Å². The van der Waals surface area contributed by atoms with Gasteiger partial charge in [0.15, 0.2) is 0 Å². The van der Waals surface area contributed by atoms with Crippen LogP contribution in [0.2, 0.25) is 0 Å². The standard InChI is InChI=1S/2C21H17.2C13H11.2C10H9.2C9H7.C7H7Si.C2H5.2CH3Si.3Zr/c2*1-2-15-13-17-9-6-12-20(21(17)14-15)19-11-5-8-16-7-3-4-10-18(16)19;2*1-3-7-12(8-4-1)11-13-9-5-2-6-10-13;2*1-8-6-9-4-2-3-5-10(9)7-8;2*1-2-5-9-7-3-6-8(9)4-1;8-6-7-4-2-1-3-5-7;3*1-2;;;/h2*3-14H,2H2,1H3;2*1-11H;2*2-7H,1H3;2*1-7H;1-5H,8H2;1H2,2H3;2*1H,2H2;;;/q12*-1;3*+4. The van der Waals surface area contributed by atoms with Crippen molar-refractivity contribution in [3.8, 4) is 22.3 Å².